The highest BCUT2D eigenvalue weighted by atomic mass is 32.1. The molecule has 5 nitrogen and oxygen atoms in total. The van der Waals surface area contributed by atoms with E-state index >= 15 is 0 Å². The summed E-state index contributed by atoms with van der Waals surface area (Å²) in [6.45, 7) is 3.03. The smallest absolute Gasteiger partial charge is 0.263 e. The van der Waals surface area contributed by atoms with Crippen molar-refractivity contribution in [2.75, 3.05) is 20.2 Å². The van der Waals surface area contributed by atoms with Crippen LogP contribution in [-0.2, 0) is 0 Å². The molecule has 0 aliphatic heterocycles. The SMILES string of the molecule is Cc1ccc(OCCN(C)C(=O)c2cc3c(nc4sccn43)s2)cc1. The van der Waals surface area contributed by atoms with E-state index in [9.17, 15) is 4.79 Å². The number of likely N-dealkylation sites (N-methyl/N-ethyl adjacent to an activating group) is 1. The fourth-order valence-corrected chi connectivity index (χ4v) is 4.37. The van der Waals surface area contributed by atoms with Crippen LogP contribution in [0.15, 0.2) is 41.9 Å². The number of aromatic nitrogens is 2. The summed E-state index contributed by atoms with van der Waals surface area (Å²) < 4.78 is 7.72. The minimum atomic E-state index is -0.000476. The summed E-state index contributed by atoms with van der Waals surface area (Å²) in [5, 5.41) is 2.00. The zero-order valence-electron chi connectivity index (χ0n) is 13.9. The van der Waals surface area contributed by atoms with Crippen molar-refractivity contribution in [3.8, 4) is 5.75 Å². The van der Waals surface area contributed by atoms with E-state index in [1.807, 2.05) is 53.2 Å². The van der Waals surface area contributed by atoms with Gasteiger partial charge in [0.1, 0.15) is 17.2 Å². The van der Waals surface area contributed by atoms with Crippen LogP contribution < -0.4 is 4.74 Å². The number of hydrogen-bond acceptors (Lipinski definition) is 5. The minimum absolute atomic E-state index is 0.000476. The second-order valence-electron chi connectivity index (χ2n) is 5.86. The van der Waals surface area contributed by atoms with Crippen molar-refractivity contribution < 1.29 is 9.53 Å². The van der Waals surface area contributed by atoms with E-state index in [4.69, 9.17) is 4.74 Å². The number of rotatable bonds is 5. The lowest BCUT2D eigenvalue weighted by Gasteiger charge is -2.16. The van der Waals surface area contributed by atoms with Gasteiger partial charge in [0.05, 0.1) is 16.9 Å². The third kappa shape index (κ3) is 3.12. The molecule has 25 heavy (non-hydrogen) atoms. The maximum absolute atomic E-state index is 12.6. The lowest BCUT2D eigenvalue weighted by atomic mass is 10.2. The average Bonchev–Trinajstić information content (AvgIpc) is 3.27. The van der Waals surface area contributed by atoms with Gasteiger partial charge in [-0.05, 0) is 25.1 Å². The molecule has 0 N–H and O–H groups in total. The van der Waals surface area contributed by atoms with Crippen LogP contribution in [0.25, 0.3) is 15.3 Å². The van der Waals surface area contributed by atoms with Crippen LogP contribution in [0.1, 0.15) is 15.2 Å². The van der Waals surface area contributed by atoms with E-state index in [1.165, 1.54) is 16.9 Å². The summed E-state index contributed by atoms with van der Waals surface area (Å²) in [4.78, 5) is 21.4. The van der Waals surface area contributed by atoms with Crippen LogP contribution in [0, 0.1) is 6.92 Å². The Bertz CT molecular complexity index is 1030. The van der Waals surface area contributed by atoms with Gasteiger partial charge in [0.2, 0.25) is 0 Å². The highest BCUT2D eigenvalue weighted by Gasteiger charge is 2.18. The molecule has 0 atom stereocenters. The number of imidazole rings is 1. The standard InChI is InChI=1S/C18H17N3O2S2/c1-12-3-5-13(6-4-12)23-9-7-20(2)17(22)15-11-14-16(25-15)19-18-21(14)8-10-24-18/h3-6,8,10-11H,7,9H2,1-2H3. The van der Waals surface area contributed by atoms with E-state index in [1.54, 1.807) is 23.3 Å². The van der Waals surface area contributed by atoms with Crippen molar-refractivity contribution in [3.05, 3.63) is 52.3 Å². The number of hydrogen-bond donors (Lipinski definition) is 0. The number of benzene rings is 1. The summed E-state index contributed by atoms with van der Waals surface area (Å²) >= 11 is 3.03. The van der Waals surface area contributed by atoms with E-state index in [0.29, 0.717) is 18.0 Å². The van der Waals surface area contributed by atoms with Gasteiger partial charge in [-0.15, -0.1) is 22.7 Å². The summed E-state index contributed by atoms with van der Waals surface area (Å²) in [5.74, 6) is 0.821. The molecule has 0 aliphatic carbocycles. The van der Waals surface area contributed by atoms with Gasteiger partial charge in [-0.3, -0.25) is 9.20 Å². The highest BCUT2D eigenvalue weighted by Crippen LogP contribution is 2.28. The van der Waals surface area contributed by atoms with Gasteiger partial charge < -0.3 is 9.64 Å². The van der Waals surface area contributed by atoms with Gasteiger partial charge >= 0.3 is 0 Å². The van der Waals surface area contributed by atoms with Gasteiger partial charge in [0.25, 0.3) is 5.91 Å². The van der Waals surface area contributed by atoms with E-state index in [-0.39, 0.29) is 5.91 Å². The number of fused-ring (bicyclic) bond motifs is 3. The molecule has 0 spiro atoms. The molecule has 3 heterocycles. The van der Waals surface area contributed by atoms with E-state index in [0.717, 1.165) is 21.1 Å². The Kier molecular flexibility index (Phi) is 4.19. The summed E-state index contributed by atoms with van der Waals surface area (Å²) in [6, 6.07) is 9.83. The topological polar surface area (TPSA) is 46.8 Å². The first-order valence-corrected chi connectivity index (χ1v) is 9.61. The maximum Gasteiger partial charge on any atom is 0.263 e. The molecular weight excluding hydrogens is 354 g/mol. The first kappa shape index (κ1) is 16.1. The molecule has 0 unspecified atom stereocenters. The van der Waals surface area contributed by atoms with Crippen LogP contribution in [0.3, 0.4) is 0 Å². The molecule has 0 bridgehead atoms. The van der Waals surface area contributed by atoms with Crippen molar-refractivity contribution in [2.24, 2.45) is 0 Å². The molecule has 1 aromatic carbocycles. The number of thiophene rings is 1. The fourth-order valence-electron chi connectivity index (χ4n) is 2.58. The Labute approximate surface area is 153 Å². The molecule has 4 aromatic rings. The number of thiazole rings is 1. The predicted octanol–water partition coefficient (Wildman–Crippen LogP) is 4.07. The molecule has 0 fully saturated rings. The minimum Gasteiger partial charge on any atom is -0.492 e. The van der Waals surface area contributed by atoms with Crippen LogP contribution in [0.4, 0.5) is 0 Å². The number of carbonyl (C=O) groups is 1. The van der Waals surface area contributed by atoms with Gasteiger partial charge in [0.15, 0.2) is 4.96 Å². The van der Waals surface area contributed by atoms with Crippen LogP contribution >= 0.6 is 22.7 Å². The first-order valence-electron chi connectivity index (χ1n) is 7.92. The van der Waals surface area contributed by atoms with Crippen LogP contribution in [0.2, 0.25) is 0 Å². The van der Waals surface area contributed by atoms with Crippen molar-refractivity contribution in [1.29, 1.82) is 0 Å². The zero-order chi connectivity index (χ0) is 17.4. The molecule has 1 amide bonds. The van der Waals surface area contributed by atoms with Gasteiger partial charge in [-0.25, -0.2) is 4.98 Å². The predicted molar refractivity (Wildman–Crippen MR) is 102 cm³/mol. The van der Waals surface area contributed by atoms with Crippen molar-refractivity contribution in [3.63, 3.8) is 0 Å². The third-order valence-electron chi connectivity index (χ3n) is 4.01. The summed E-state index contributed by atoms with van der Waals surface area (Å²) in [7, 11) is 1.80. The monoisotopic (exact) mass is 371 g/mol. The fraction of sp³-hybridized carbons (Fsp3) is 0.222. The van der Waals surface area contributed by atoms with Crippen LogP contribution in [-0.4, -0.2) is 40.4 Å². The average molecular weight is 371 g/mol. The molecule has 3 aromatic heterocycles. The number of amides is 1. The van der Waals surface area contributed by atoms with Crippen LogP contribution in [0.5, 0.6) is 5.75 Å². The third-order valence-corrected chi connectivity index (χ3v) is 5.78. The number of ether oxygens (including phenoxy) is 1. The molecule has 0 saturated carbocycles. The normalized spacial score (nSPS) is 11.3. The lowest BCUT2D eigenvalue weighted by molar-refractivity contribution is 0.0778. The Morgan fingerprint density at radius 1 is 1.32 bits per heavy atom. The Balaban J connectivity index is 1.41. The number of carbonyl (C=O) groups excluding carboxylic acids is 1. The molecule has 0 saturated heterocycles. The Morgan fingerprint density at radius 3 is 2.92 bits per heavy atom. The van der Waals surface area contributed by atoms with Gasteiger partial charge in [0, 0.05) is 18.6 Å². The number of nitrogens with zero attached hydrogens (tertiary/aromatic N) is 3. The van der Waals surface area contributed by atoms with Crippen molar-refractivity contribution >= 4 is 43.9 Å². The lowest BCUT2D eigenvalue weighted by Crippen LogP contribution is -2.30. The van der Waals surface area contributed by atoms with Crippen molar-refractivity contribution in [2.45, 2.75) is 6.92 Å². The summed E-state index contributed by atoms with van der Waals surface area (Å²) in [5.41, 5.74) is 2.19. The number of aryl methyl sites for hydroxylation is 1. The molecule has 0 aliphatic rings. The first-order chi connectivity index (χ1) is 12.1. The summed E-state index contributed by atoms with van der Waals surface area (Å²) in [6.07, 6.45) is 1.98. The van der Waals surface area contributed by atoms with E-state index < -0.39 is 0 Å². The molecule has 7 heteroatoms. The second kappa shape index (κ2) is 6.50. The molecule has 128 valence electrons. The highest BCUT2D eigenvalue weighted by molar-refractivity contribution is 7.21. The Hall–Kier alpha value is -2.38. The van der Waals surface area contributed by atoms with Crippen molar-refractivity contribution in [1.82, 2.24) is 14.3 Å². The molecule has 4 rings (SSSR count). The van der Waals surface area contributed by atoms with E-state index in [2.05, 4.69) is 4.98 Å². The quantitative estimate of drug-likeness (QED) is 0.531. The van der Waals surface area contributed by atoms with Gasteiger partial charge in [-0.1, -0.05) is 17.7 Å². The molecular formula is C18H17N3O2S2. The Morgan fingerprint density at radius 2 is 2.12 bits per heavy atom. The molecule has 0 radical (unpaired) electrons. The zero-order valence-corrected chi connectivity index (χ0v) is 15.6. The largest absolute Gasteiger partial charge is 0.492 e. The second-order valence-corrected chi connectivity index (χ2v) is 7.76. The van der Waals surface area contributed by atoms with Gasteiger partial charge in [-0.2, -0.15) is 0 Å². The maximum atomic E-state index is 12.6.